The molecular weight excluding hydrogens is 288 g/mol. The van der Waals surface area contributed by atoms with E-state index < -0.39 is 11.6 Å². The average Bonchev–Trinajstić information content (AvgIpc) is 2.22. The van der Waals surface area contributed by atoms with Crippen molar-refractivity contribution in [3.63, 3.8) is 0 Å². The van der Waals surface area contributed by atoms with Gasteiger partial charge in [-0.1, -0.05) is 22.9 Å². The van der Waals surface area contributed by atoms with E-state index in [9.17, 15) is 8.78 Å². The van der Waals surface area contributed by atoms with Crippen molar-refractivity contribution >= 4 is 15.9 Å². The SMILES string of the molecule is CC1CCN(Cc2cc(F)cc(F)c2)CC1Br. The van der Waals surface area contributed by atoms with Crippen LogP contribution in [-0.4, -0.2) is 22.8 Å². The molecule has 1 saturated heterocycles. The summed E-state index contributed by atoms with van der Waals surface area (Å²) in [6.45, 7) is 4.75. The lowest BCUT2D eigenvalue weighted by molar-refractivity contribution is 0.193. The number of likely N-dealkylation sites (tertiary alicyclic amines) is 1. The minimum Gasteiger partial charge on any atom is -0.298 e. The fraction of sp³-hybridized carbons (Fsp3) is 0.538. The third kappa shape index (κ3) is 3.49. The zero-order chi connectivity index (χ0) is 12.4. The third-order valence-electron chi connectivity index (χ3n) is 3.28. The first kappa shape index (κ1) is 13.0. The van der Waals surface area contributed by atoms with E-state index in [-0.39, 0.29) is 0 Å². The van der Waals surface area contributed by atoms with Gasteiger partial charge in [-0.2, -0.15) is 0 Å². The molecule has 0 bridgehead atoms. The van der Waals surface area contributed by atoms with Crippen LogP contribution in [0.3, 0.4) is 0 Å². The molecular formula is C13H16BrF2N. The molecule has 0 aromatic heterocycles. The Morgan fingerprint density at radius 2 is 1.94 bits per heavy atom. The molecule has 1 aromatic carbocycles. The minimum absolute atomic E-state index is 0.467. The van der Waals surface area contributed by atoms with Crippen molar-refractivity contribution in [3.05, 3.63) is 35.4 Å². The van der Waals surface area contributed by atoms with E-state index in [1.807, 2.05) is 0 Å². The predicted molar refractivity (Wildman–Crippen MR) is 68.1 cm³/mol. The lowest BCUT2D eigenvalue weighted by Gasteiger charge is -2.34. The molecule has 1 fully saturated rings. The molecule has 0 spiro atoms. The van der Waals surface area contributed by atoms with Crippen LogP contribution in [0.5, 0.6) is 0 Å². The van der Waals surface area contributed by atoms with Gasteiger partial charge in [-0.05, 0) is 36.6 Å². The van der Waals surface area contributed by atoms with Crippen LogP contribution in [0.1, 0.15) is 18.9 Å². The zero-order valence-corrected chi connectivity index (χ0v) is 11.4. The summed E-state index contributed by atoms with van der Waals surface area (Å²) in [5, 5.41) is 0. The van der Waals surface area contributed by atoms with Crippen molar-refractivity contribution in [1.82, 2.24) is 4.90 Å². The van der Waals surface area contributed by atoms with Crippen LogP contribution < -0.4 is 0 Å². The molecule has 2 rings (SSSR count). The fourth-order valence-corrected chi connectivity index (χ4v) is 2.86. The van der Waals surface area contributed by atoms with Gasteiger partial charge >= 0.3 is 0 Å². The Morgan fingerprint density at radius 3 is 2.53 bits per heavy atom. The molecule has 0 N–H and O–H groups in total. The van der Waals surface area contributed by atoms with E-state index in [1.165, 1.54) is 12.1 Å². The van der Waals surface area contributed by atoms with E-state index in [0.717, 1.165) is 25.6 Å². The summed E-state index contributed by atoms with van der Waals surface area (Å²) in [6, 6.07) is 3.73. The molecule has 0 aliphatic carbocycles. The fourth-order valence-electron chi connectivity index (χ4n) is 2.19. The minimum atomic E-state index is -0.499. The van der Waals surface area contributed by atoms with Crippen LogP contribution in [0.4, 0.5) is 8.78 Å². The smallest absolute Gasteiger partial charge is 0.126 e. The van der Waals surface area contributed by atoms with Crippen LogP contribution in [0, 0.1) is 17.6 Å². The molecule has 2 unspecified atom stereocenters. The Labute approximate surface area is 109 Å². The van der Waals surface area contributed by atoms with Gasteiger partial charge < -0.3 is 0 Å². The highest BCUT2D eigenvalue weighted by Crippen LogP contribution is 2.24. The number of alkyl halides is 1. The maximum absolute atomic E-state index is 13.1. The molecule has 4 heteroatoms. The van der Waals surface area contributed by atoms with Crippen LogP contribution in [-0.2, 0) is 6.54 Å². The zero-order valence-electron chi connectivity index (χ0n) is 9.80. The standard InChI is InChI=1S/C13H16BrF2N/c1-9-2-3-17(8-13(9)14)7-10-4-11(15)6-12(16)5-10/h4-6,9,13H,2-3,7-8H2,1H3. The van der Waals surface area contributed by atoms with E-state index in [0.29, 0.717) is 22.9 Å². The molecule has 0 saturated carbocycles. The van der Waals surface area contributed by atoms with Crippen molar-refractivity contribution in [2.75, 3.05) is 13.1 Å². The van der Waals surface area contributed by atoms with Crippen molar-refractivity contribution in [3.8, 4) is 0 Å². The molecule has 1 aliphatic heterocycles. The molecule has 1 aromatic rings. The predicted octanol–water partition coefficient (Wildman–Crippen LogP) is 3.57. The van der Waals surface area contributed by atoms with Crippen LogP contribution in [0.2, 0.25) is 0 Å². The van der Waals surface area contributed by atoms with E-state index >= 15 is 0 Å². The monoisotopic (exact) mass is 303 g/mol. The maximum atomic E-state index is 13.1. The summed E-state index contributed by atoms with van der Waals surface area (Å²) >= 11 is 3.65. The van der Waals surface area contributed by atoms with Crippen LogP contribution in [0.15, 0.2) is 18.2 Å². The molecule has 17 heavy (non-hydrogen) atoms. The van der Waals surface area contributed by atoms with Gasteiger partial charge in [0.2, 0.25) is 0 Å². The highest BCUT2D eigenvalue weighted by atomic mass is 79.9. The average molecular weight is 304 g/mol. The summed E-state index contributed by atoms with van der Waals surface area (Å²) in [7, 11) is 0. The summed E-state index contributed by atoms with van der Waals surface area (Å²) in [5.74, 6) is -0.336. The lowest BCUT2D eigenvalue weighted by Crippen LogP contribution is -2.39. The van der Waals surface area contributed by atoms with Gasteiger partial charge in [0.15, 0.2) is 0 Å². The first-order valence-electron chi connectivity index (χ1n) is 5.86. The van der Waals surface area contributed by atoms with Gasteiger partial charge in [-0.15, -0.1) is 0 Å². The summed E-state index contributed by atoms with van der Waals surface area (Å²) in [4.78, 5) is 2.70. The number of rotatable bonds is 2. The number of halogens is 3. The second-order valence-corrected chi connectivity index (χ2v) is 5.97. The van der Waals surface area contributed by atoms with Crippen LogP contribution in [0.25, 0.3) is 0 Å². The summed E-state index contributed by atoms with van der Waals surface area (Å²) < 4.78 is 26.1. The van der Waals surface area contributed by atoms with E-state index in [1.54, 1.807) is 0 Å². The number of hydrogen-bond donors (Lipinski definition) is 0. The summed E-state index contributed by atoms with van der Waals surface area (Å²) in [5.41, 5.74) is 0.705. The third-order valence-corrected chi connectivity index (χ3v) is 4.47. The van der Waals surface area contributed by atoms with Crippen molar-refractivity contribution in [2.24, 2.45) is 5.92 Å². The van der Waals surface area contributed by atoms with Gasteiger partial charge in [-0.25, -0.2) is 8.78 Å². The topological polar surface area (TPSA) is 3.24 Å². The van der Waals surface area contributed by atoms with Crippen molar-refractivity contribution in [2.45, 2.75) is 24.7 Å². The van der Waals surface area contributed by atoms with E-state index in [2.05, 4.69) is 27.8 Å². The number of hydrogen-bond acceptors (Lipinski definition) is 1. The molecule has 0 radical (unpaired) electrons. The quantitative estimate of drug-likeness (QED) is 0.755. The maximum Gasteiger partial charge on any atom is 0.126 e. The van der Waals surface area contributed by atoms with Crippen molar-refractivity contribution < 1.29 is 8.78 Å². The highest BCUT2D eigenvalue weighted by molar-refractivity contribution is 9.09. The number of piperidine rings is 1. The molecule has 1 aliphatic rings. The Hall–Kier alpha value is -0.480. The first-order valence-corrected chi connectivity index (χ1v) is 6.77. The van der Waals surface area contributed by atoms with E-state index in [4.69, 9.17) is 0 Å². The molecule has 2 atom stereocenters. The molecule has 1 nitrogen and oxygen atoms in total. The van der Waals surface area contributed by atoms with Gasteiger partial charge in [0.1, 0.15) is 11.6 Å². The largest absolute Gasteiger partial charge is 0.298 e. The number of nitrogens with zero attached hydrogens (tertiary/aromatic N) is 1. The Kier molecular flexibility index (Phi) is 4.15. The lowest BCUT2D eigenvalue weighted by atomic mass is 9.98. The van der Waals surface area contributed by atoms with Gasteiger partial charge in [-0.3, -0.25) is 4.90 Å². The molecule has 0 amide bonds. The first-order chi connectivity index (χ1) is 8.04. The second kappa shape index (κ2) is 5.44. The van der Waals surface area contributed by atoms with Crippen molar-refractivity contribution in [1.29, 1.82) is 0 Å². The van der Waals surface area contributed by atoms with Gasteiger partial charge in [0.25, 0.3) is 0 Å². The Balaban J connectivity index is 2.01. The molecule has 94 valence electrons. The van der Waals surface area contributed by atoms with Gasteiger partial charge in [0, 0.05) is 24.0 Å². The normalized spacial score (nSPS) is 26.1. The second-order valence-electron chi connectivity index (χ2n) is 4.79. The summed E-state index contributed by atoms with van der Waals surface area (Å²) in [6.07, 6.45) is 1.12. The Morgan fingerprint density at radius 1 is 1.29 bits per heavy atom. The number of benzene rings is 1. The highest BCUT2D eigenvalue weighted by Gasteiger charge is 2.23. The van der Waals surface area contributed by atoms with Crippen LogP contribution >= 0.6 is 15.9 Å². The molecule has 1 heterocycles. The van der Waals surface area contributed by atoms with Gasteiger partial charge in [0.05, 0.1) is 0 Å². The Bertz CT molecular complexity index is 377.